The maximum Gasteiger partial charge on any atom is 0.338 e. The van der Waals surface area contributed by atoms with Gasteiger partial charge >= 0.3 is 29.8 Å². The Morgan fingerprint density at radius 3 is 0.859 bits per heavy atom. The fourth-order valence-electron chi connectivity index (χ4n) is 14.7. The summed E-state index contributed by atoms with van der Waals surface area (Å²) >= 11 is 12.6. The Balaban J connectivity index is 0.000000123. The summed E-state index contributed by atoms with van der Waals surface area (Å²) in [6.45, 7) is 1.89. The van der Waals surface area contributed by atoms with Crippen LogP contribution in [0.25, 0.3) is 140 Å². The average molecular weight is 1830 g/mol. The van der Waals surface area contributed by atoms with Crippen LogP contribution in [0.15, 0.2) is 396 Å². The van der Waals surface area contributed by atoms with E-state index in [1.807, 2.05) is 224 Å². The van der Waals surface area contributed by atoms with Crippen LogP contribution in [-0.2, 0) is 0 Å². The largest absolute Gasteiger partial charge is 0.478 e. The first kappa shape index (κ1) is 90.2. The first-order valence-corrected chi connectivity index (χ1v) is 42.2. The van der Waals surface area contributed by atoms with Crippen LogP contribution >= 0.6 is 23.2 Å². The van der Waals surface area contributed by atoms with Gasteiger partial charge in [0.2, 0.25) is 0 Å². The molecule has 0 fully saturated rings. The number of benzene rings is 10. The number of carboxylic acids is 5. The van der Waals surface area contributed by atoms with Crippen molar-refractivity contribution in [3.63, 3.8) is 0 Å². The standard InChI is InChI=1S/C22H17N3O2.2C21H14ClN3O2.2C21H14FN3O2/c1-15-11-17(13-18(12-15)22(26)27)20-14-25(19-5-3-2-4-6-19)24-21(20)16-7-9-23-10-8-16;22-19-16(7-4-8-17(19)21(26)27)18-13-25(15-5-2-1-3-6-15)24-20(18)14-9-11-23-12-10-14;22-17-11-15(10-16(12-17)21(26)27)19-13-25(18-4-2-1-3-5-18)24-20(19)14-6-8-23-9-7-14;22-19-16(7-4-8-17(19)21(26)27)18-13-25(15-5-2-1-3-6-15)24-20(18)14-9-11-23-12-10-14;22-17-11-15(10-16(12-17)21(26)27)19-13-25(18-4-2-1-3-5-18)24-20(19)14-6-8-23-9-7-14/h2-14H,1H3,(H,26,27);4*1-13H,(H,26,27). The summed E-state index contributed by atoms with van der Waals surface area (Å²) in [4.78, 5) is 77.2. The second kappa shape index (κ2) is 41.5. The SMILES string of the molecule is Cc1cc(C(=O)O)cc(-c2cn(-c3ccccc3)nc2-c2ccncc2)c1.O=C(O)c1cc(Cl)cc(-c2cn(-c3ccccc3)nc2-c2ccncc2)c1.O=C(O)c1cc(F)cc(-c2cn(-c3ccccc3)nc2-c2ccncc2)c1.O=C(O)c1cccc(-c2cn(-c3ccccc3)nc2-c2ccncc2)c1Cl.O=C(O)c1cccc(-c2cn(-c3ccccc3)nc2-c2ccncc2)c1F. The molecule has 10 heterocycles. The van der Waals surface area contributed by atoms with Gasteiger partial charge in [0.15, 0.2) is 0 Å². The topological polar surface area (TPSA) is 340 Å². The Bertz CT molecular complexity index is 7030. The summed E-state index contributed by atoms with van der Waals surface area (Å²) in [5.74, 6) is -6.93. The number of para-hydroxylation sites is 5. The van der Waals surface area contributed by atoms with Gasteiger partial charge in [0.05, 0.1) is 61.3 Å². The van der Waals surface area contributed by atoms with Crippen molar-refractivity contribution in [1.82, 2.24) is 73.8 Å². The number of rotatable bonds is 20. The molecule has 0 amide bonds. The van der Waals surface area contributed by atoms with Crippen molar-refractivity contribution >= 4 is 53.0 Å². The highest BCUT2D eigenvalue weighted by Gasteiger charge is 2.26. The fourth-order valence-corrected chi connectivity index (χ4v) is 15.2. The lowest BCUT2D eigenvalue weighted by molar-refractivity contribution is 0.0682. The van der Waals surface area contributed by atoms with Crippen LogP contribution in [0.3, 0.4) is 0 Å². The van der Waals surface area contributed by atoms with E-state index in [4.69, 9.17) is 38.5 Å². The predicted octanol–water partition coefficient (Wildman–Crippen LogP) is 23.4. The molecule has 0 aliphatic carbocycles. The second-order valence-electron chi connectivity index (χ2n) is 29.9. The average Bonchev–Trinajstić information content (AvgIpc) is 1.66. The van der Waals surface area contributed by atoms with E-state index in [1.54, 1.807) is 160 Å². The summed E-state index contributed by atoms with van der Waals surface area (Å²) in [6, 6.07) is 89.7. The lowest BCUT2D eigenvalue weighted by Crippen LogP contribution is -2.01. The number of hydrogen-bond acceptors (Lipinski definition) is 15. The quantitative estimate of drug-likeness (QED) is 0.0473. The molecule has 0 saturated carbocycles. The molecule has 135 heavy (non-hydrogen) atoms. The zero-order valence-electron chi connectivity index (χ0n) is 71.0. The van der Waals surface area contributed by atoms with Crippen LogP contribution in [0.4, 0.5) is 8.78 Å². The third kappa shape index (κ3) is 21.2. The number of aromatic nitrogens is 15. The highest BCUT2D eigenvalue weighted by atomic mass is 35.5. The molecular formula is C106H73Cl2F2N15O10. The number of aryl methyl sites for hydroxylation is 1. The summed E-state index contributed by atoms with van der Waals surface area (Å²) < 4.78 is 37.6. The second-order valence-corrected chi connectivity index (χ2v) is 30.8. The van der Waals surface area contributed by atoms with Gasteiger partial charge < -0.3 is 25.5 Å². The number of pyridine rings is 5. The molecule has 660 valence electrons. The summed E-state index contributed by atoms with van der Waals surface area (Å²) in [6.07, 6.45) is 25.9. The molecule has 0 spiro atoms. The van der Waals surface area contributed by atoms with Gasteiger partial charge in [0.25, 0.3) is 0 Å². The highest BCUT2D eigenvalue weighted by Crippen LogP contribution is 2.42. The number of nitrogens with zero attached hydrogens (tertiary/aromatic N) is 15. The van der Waals surface area contributed by atoms with E-state index in [-0.39, 0.29) is 38.4 Å². The smallest absolute Gasteiger partial charge is 0.338 e. The van der Waals surface area contributed by atoms with Crippen LogP contribution in [-0.4, -0.2) is 129 Å². The molecule has 0 radical (unpaired) electrons. The fraction of sp³-hybridized carbons (Fsp3) is 0.00943. The molecule has 0 aliphatic heterocycles. The first-order valence-electron chi connectivity index (χ1n) is 41.4. The van der Waals surface area contributed by atoms with Crippen molar-refractivity contribution in [1.29, 1.82) is 0 Å². The maximum absolute atomic E-state index is 14.9. The molecule has 5 N–H and O–H groups in total. The molecule has 20 aromatic rings. The van der Waals surface area contributed by atoms with Crippen LogP contribution in [0.5, 0.6) is 0 Å². The molecule has 29 heteroatoms. The van der Waals surface area contributed by atoms with Crippen molar-refractivity contribution in [2.45, 2.75) is 6.92 Å². The number of hydrogen-bond donors (Lipinski definition) is 5. The van der Waals surface area contributed by atoms with Crippen LogP contribution in [0.1, 0.15) is 57.4 Å². The van der Waals surface area contributed by atoms with E-state index in [1.165, 1.54) is 36.4 Å². The molecule has 20 rings (SSSR count). The molecule has 0 saturated heterocycles. The van der Waals surface area contributed by atoms with Gasteiger partial charge in [-0.1, -0.05) is 145 Å². The molecule has 10 aromatic heterocycles. The van der Waals surface area contributed by atoms with Crippen molar-refractivity contribution < 1.29 is 58.3 Å². The number of halogens is 4. The summed E-state index contributed by atoms with van der Waals surface area (Å²) in [7, 11) is 0. The van der Waals surface area contributed by atoms with Crippen LogP contribution in [0.2, 0.25) is 10.0 Å². The lowest BCUT2D eigenvalue weighted by Gasteiger charge is -2.07. The van der Waals surface area contributed by atoms with Gasteiger partial charge in [-0.15, -0.1) is 0 Å². The molecular weight excluding hydrogens is 1750 g/mol. The van der Waals surface area contributed by atoms with Crippen molar-refractivity contribution in [2.75, 3.05) is 0 Å². The molecule has 0 unspecified atom stereocenters. The monoisotopic (exact) mass is 1820 g/mol. The molecule has 0 bridgehead atoms. The molecule has 0 aliphatic rings. The normalized spacial score (nSPS) is 10.7. The summed E-state index contributed by atoms with van der Waals surface area (Å²) in [5, 5.41) is 70.7. The lowest BCUT2D eigenvalue weighted by atomic mass is 9.98. The van der Waals surface area contributed by atoms with Crippen molar-refractivity contribution in [3.05, 3.63) is 451 Å². The van der Waals surface area contributed by atoms with E-state index in [0.29, 0.717) is 49.9 Å². The van der Waals surface area contributed by atoms with Gasteiger partial charge in [-0.05, 0) is 211 Å². The zero-order chi connectivity index (χ0) is 94.0. The van der Waals surface area contributed by atoms with Gasteiger partial charge in [-0.2, -0.15) is 25.5 Å². The predicted molar refractivity (Wildman–Crippen MR) is 511 cm³/mol. The Morgan fingerprint density at radius 2 is 0.533 bits per heavy atom. The van der Waals surface area contributed by atoms with Crippen molar-refractivity contribution in [3.8, 4) is 140 Å². The first-order chi connectivity index (χ1) is 65.6. The van der Waals surface area contributed by atoms with Gasteiger partial charge in [-0.3, -0.25) is 24.9 Å². The Hall–Kier alpha value is -18.2. The third-order valence-electron chi connectivity index (χ3n) is 21.0. The molecule has 0 atom stereocenters. The number of aromatic carboxylic acids is 5. The van der Waals surface area contributed by atoms with E-state index in [2.05, 4.69) is 35.1 Å². The number of carbonyl (C=O) groups is 5. The van der Waals surface area contributed by atoms with E-state index in [9.17, 15) is 58.3 Å². The molecule has 25 nitrogen and oxygen atoms in total. The number of carboxylic acid groups (broad SMARTS) is 5. The third-order valence-corrected chi connectivity index (χ3v) is 21.7. The van der Waals surface area contributed by atoms with Crippen LogP contribution in [0, 0.1) is 18.6 Å². The Kier molecular flexibility index (Phi) is 27.7. The Labute approximate surface area is 779 Å². The van der Waals surface area contributed by atoms with Gasteiger partial charge in [0, 0.05) is 165 Å². The van der Waals surface area contributed by atoms with Gasteiger partial charge in [-0.25, -0.2) is 56.2 Å². The highest BCUT2D eigenvalue weighted by molar-refractivity contribution is 6.36. The molecule has 10 aromatic carbocycles. The van der Waals surface area contributed by atoms with E-state index >= 15 is 0 Å². The zero-order valence-corrected chi connectivity index (χ0v) is 72.5. The van der Waals surface area contributed by atoms with Crippen molar-refractivity contribution in [2.24, 2.45) is 0 Å². The summed E-state index contributed by atoms with van der Waals surface area (Å²) in [5.41, 5.74) is 19.1. The maximum atomic E-state index is 14.9. The van der Waals surface area contributed by atoms with E-state index in [0.717, 1.165) is 102 Å². The van der Waals surface area contributed by atoms with E-state index < -0.39 is 41.5 Å². The minimum atomic E-state index is -1.31. The minimum Gasteiger partial charge on any atom is -0.478 e. The van der Waals surface area contributed by atoms with Gasteiger partial charge in [0.1, 0.15) is 40.1 Å². The van der Waals surface area contributed by atoms with Crippen LogP contribution < -0.4 is 0 Å². The minimum absolute atomic E-state index is 0.0577. The Morgan fingerprint density at radius 1 is 0.259 bits per heavy atom.